The molecule has 3 atom stereocenters. The zero-order chi connectivity index (χ0) is 27.8. The van der Waals surface area contributed by atoms with E-state index in [-0.39, 0.29) is 29.5 Å². The van der Waals surface area contributed by atoms with E-state index in [1.165, 1.54) is 0 Å². The molecule has 5 rings (SSSR count). The van der Waals surface area contributed by atoms with Gasteiger partial charge in [-0.05, 0) is 74.6 Å². The monoisotopic (exact) mass is 556 g/mol. The molecule has 0 radical (unpaired) electrons. The number of alkyl halides is 1. The van der Waals surface area contributed by atoms with Crippen LogP contribution in [0.2, 0.25) is 0 Å². The number of ether oxygens (including phenoxy) is 5. The van der Waals surface area contributed by atoms with Gasteiger partial charge in [0.2, 0.25) is 11.6 Å². The zero-order valence-electron chi connectivity index (χ0n) is 23.1. The lowest BCUT2D eigenvalue weighted by molar-refractivity contribution is -0.128. The van der Waals surface area contributed by atoms with Gasteiger partial charge < -0.3 is 23.7 Å². The van der Waals surface area contributed by atoms with Gasteiger partial charge in [0.05, 0.1) is 12.2 Å². The molecule has 7 nitrogen and oxygen atoms in total. The first-order chi connectivity index (χ1) is 18.5. The van der Waals surface area contributed by atoms with E-state index in [0.29, 0.717) is 22.6 Å². The highest BCUT2D eigenvalue weighted by Crippen LogP contribution is 2.36. The normalized spacial score (nSPS) is 24.9. The van der Waals surface area contributed by atoms with Crippen molar-refractivity contribution in [3.63, 3.8) is 0 Å². The van der Waals surface area contributed by atoms with E-state index in [1.54, 1.807) is 27.7 Å². The van der Waals surface area contributed by atoms with Crippen molar-refractivity contribution in [1.29, 1.82) is 0 Å². The second-order valence-corrected chi connectivity index (χ2v) is 12.2. The maximum Gasteiger partial charge on any atom is 0.345 e. The predicted molar refractivity (Wildman–Crippen MR) is 147 cm³/mol. The quantitative estimate of drug-likeness (QED) is 0.262. The number of carbonyl (C=O) groups is 2. The maximum absolute atomic E-state index is 12.6. The molecular weight excluding hydrogens is 520 g/mol. The average Bonchev–Trinajstić information content (AvgIpc) is 2.82. The highest BCUT2D eigenvalue weighted by molar-refractivity contribution is 6.20. The van der Waals surface area contributed by atoms with Crippen LogP contribution < -0.4 is 9.47 Å². The van der Waals surface area contributed by atoms with E-state index in [2.05, 4.69) is 0 Å². The number of benzene rings is 2. The lowest BCUT2D eigenvalue weighted by Gasteiger charge is -2.34. The van der Waals surface area contributed by atoms with Crippen molar-refractivity contribution >= 4 is 23.5 Å². The number of carbonyl (C=O) groups excluding carboxylic acids is 2. The summed E-state index contributed by atoms with van der Waals surface area (Å²) < 4.78 is 29.0. The van der Waals surface area contributed by atoms with E-state index >= 15 is 0 Å². The van der Waals surface area contributed by atoms with Crippen LogP contribution in [-0.2, 0) is 27.1 Å². The zero-order valence-corrected chi connectivity index (χ0v) is 23.8. The summed E-state index contributed by atoms with van der Waals surface area (Å²) in [4.78, 5) is 25.2. The van der Waals surface area contributed by atoms with Crippen molar-refractivity contribution in [3.8, 4) is 11.5 Å². The fraction of sp³-hybridized carbons (Fsp3) is 0.548. The first kappa shape index (κ1) is 27.8. The summed E-state index contributed by atoms with van der Waals surface area (Å²) in [7, 11) is 0. The molecule has 1 unspecified atom stereocenters. The molecule has 0 saturated carbocycles. The molecule has 1 fully saturated rings. The van der Waals surface area contributed by atoms with E-state index in [0.717, 1.165) is 62.5 Å². The number of esters is 2. The number of cyclic esters (lactones) is 2. The minimum atomic E-state index is -0.961. The number of aryl methyl sites for hydroxylation is 2. The Hall–Kier alpha value is -2.77. The number of hydrogen-bond acceptors (Lipinski definition) is 7. The van der Waals surface area contributed by atoms with Crippen LogP contribution >= 0.6 is 11.6 Å². The lowest BCUT2D eigenvalue weighted by Crippen LogP contribution is -2.39. The largest absolute Gasteiger partial charge is 0.452 e. The van der Waals surface area contributed by atoms with Crippen LogP contribution in [0.25, 0.3) is 0 Å². The first-order valence-electron chi connectivity index (χ1n) is 13.9. The predicted octanol–water partition coefficient (Wildman–Crippen LogP) is 6.76. The molecule has 0 spiro atoms. The number of halogens is 1. The fourth-order valence-corrected chi connectivity index (χ4v) is 6.18. The molecule has 0 N–H and O–H groups in total. The summed E-state index contributed by atoms with van der Waals surface area (Å²) >= 11 is 6.64. The summed E-state index contributed by atoms with van der Waals surface area (Å²) in [6.07, 6.45) is 6.68. The molecule has 39 heavy (non-hydrogen) atoms. The number of hydrogen-bond donors (Lipinski definition) is 0. The van der Waals surface area contributed by atoms with Gasteiger partial charge in [-0.2, -0.15) is 0 Å². The van der Waals surface area contributed by atoms with Crippen LogP contribution in [0, 0.1) is 0 Å². The van der Waals surface area contributed by atoms with Gasteiger partial charge in [-0.3, -0.25) is 0 Å². The maximum atomic E-state index is 12.6. The molecule has 1 saturated heterocycles. The molecule has 0 aromatic heterocycles. The second-order valence-electron chi connectivity index (χ2n) is 11.6. The Kier molecular flexibility index (Phi) is 7.84. The van der Waals surface area contributed by atoms with Gasteiger partial charge in [-0.15, -0.1) is 11.6 Å². The molecule has 3 aliphatic rings. The van der Waals surface area contributed by atoms with Crippen LogP contribution in [0.1, 0.15) is 98.1 Å². The Bertz CT molecular complexity index is 1140. The second kappa shape index (κ2) is 11.0. The molecule has 0 bridgehead atoms. The smallest absolute Gasteiger partial charge is 0.345 e. The summed E-state index contributed by atoms with van der Waals surface area (Å²) in [6.45, 7) is 6.93. The lowest BCUT2D eigenvalue weighted by atomic mass is 9.93. The Morgan fingerprint density at radius 1 is 0.718 bits per heavy atom. The third-order valence-electron chi connectivity index (χ3n) is 7.39. The van der Waals surface area contributed by atoms with Crippen molar-refractivity contribution in [1.82, 2.24) is 0 Å². The first-order valence-corrected chi connectivity index (χ1v) is 14.3. The molecule has 2 aromatic rings. The molecule has 0 amide bonds. The Morgan fingerprint density at radius 3 is 1.59 bits per heavy atom. The van der Waals surface area contributed by atoms with E-state index in [1.807, 2.05) is 36.4 Å². The molecule has 210 valence electrons. The fourth-order valence-electron chi connectivity index (χ4n) is 5.79. The molecule has 3 aliphatic heterocycles. The Morgan fingerprint density at radius 2 is 1.15 bits per heavy atom. The van der Waals surface area contributed by atoms with Gasteiger partial charge in [0.15, 0.2) is 0 Å². The van der Waals surface area contributed by atoms with E-state index in [9.17, 15) is 9.59 Å². The van der Waals surface area contributed by atoms with Gasteiger partial charge in [0.1, 0.15) is 22.6 Å². The van der Waals surface area contributed by atoms with Crippen molar-refractivity contribution in [3.05, 3.63) is 58.7 Å². The van der Waals surface area contributed by atoms with Gasteiger partial charge in [0.25, 0.3) is 0 Å². The average molecular weight is 557 g/mol. The standard InChI is InChI=1S/C31H37ClO7/c1-30(2)36-24-15-7-11-19(26(24)28(33)38-30)9-5-13-22-17-21(32)18-23(35-22)14-6-10-20-12-8-16-25-27(20)29(34)39-31(3,4)37-25/h7-8,11-12,15-16,21-23H,5-6,9-10,13-14,17-18H2,1-4H3/t21?,22-,23+. The van der Waals surface area contributed by atoms with E-state index < -0.39 is 11.6 Å². The van der Waals surface area contributed by atoms with Crippen LogP contribution in [-0.4, -0.2) is 41.1 Å². The third kappa shape index (κ3) is 6.52. The minimum absolute atomic E-state index is 0.0685. The molecular formula is C31H37ClO7. The van der Waals surface area contributed by atoms with Gasteiger partial charge in [0, 0.05) is 33.1 Å². The summed E-state index contributed by atoms with van der Waals surface area (Å²) in [5.41, 5.74) is 2.91. The van der Waals surface area contributed by atoms with Crippen LogP contribution in [0.15, 0.2) is 36.4 Å². The number of rotatable bonds is 8. The summed E-state index contributed by atoms with van der Waals surface area (Å²) in [6, 6.07) is 11.4. The molecule has 2 aromatic carbocycles. The molecule has 8 heteroatoms. The topological polar surface area (TPSA) is 80.3 Å². The van der Waals surface area contributed by atoms with Crippen molar-refractivity contribution in [2.75, 3.05) is 0 Å². The number of fused-ring (bicyclic) bond motifs is 2. The van der Waals surface area contributed by atoms with Crippen LogP contribution in [0.4, 0.5) is 0 Å². The van der Waals surface area contributed by atoms with Crippen LogP contribution in [0.3, 0.4) is 0 Å². The van der Waals surface area contributed by atoms with Gasteiger partial charge in [-0.25, -0.2) is 9.59 Å². The van der Waals surface area contributed by atoms with Crippen molar-refractivity contribution in [2.24, 2.45) is 0 Å². The highest BCUT2D eigenvalue weighted by atomic mass is 35.5. The van der Waals surface area contributed by atoms with E-state index in [4.69, 9.17) is 35.3 Å². The highest BCUT2D eigenvalue weighted by Gasteiger charge is 2.36. The van der Waals surface area contributed by atoms with Crippen molar-refractivity contribution in [2.45, 2.75) is 108 Å². The Labute approximate surface area is 235 Å². The summed E-state index contributed by atoms with van der Waals surface area (Å²) in [5.74, 6) is -1.45. The van der Waals surface area contributed by atoms with Gasteiger partial charge >= 0.3 is 11.9 Å². The van der Waals surface area contributed by atoms with Gasteiger partial charge in [-0.1, -0.05) is 24.3 Å². The molecule has 0 aliphatic carbocycles. The third-order valence-corrected chi connectivity index (χ3v) is 7.74. The minimum Gasteiger partial charge on any atom is -0.452 e. The molecule has 3 heterocycles. The summed E-state index contributed by atoms with van der Waals surface area (Å²) in [5, 5.41) is 0.0685. The van der Waals surface area contributed by atoms with Crippen molar-refractivity contribution < 1.29 is 33.3 Å². The Balaban J connectivity index is 1.13. The van der Waals surface area contributed by atoms with Crippen LogP contribution in [0.5, 0.6) is 11.5 Å². The SMILES string of the molecule is CC1(C)OC(=O)c2c(CCC[C@@H]3CC(Cl)C[C@H](CCCc4cccc5c4C(=O)OC(C)(C)O5)O3)cccc2O1.